The number of hydrogen-bond donors (Lipinski definition) is 3. The van der Waals surface area contributed by atoms with Crippen LogP contribution in [0.2, 0.25) is 0 Å². The van der Waals surface area contributed by atoms with Gasteiger partial charge in [0.2, 0.25) is 5.91 Å². The highest BCUT2D eigenvalue weighted by atomic mass is 16.3. The van der Waals surface area contributed by atoms with E-state index in [-0.39, 0.29) is 17.9 Å². The third-order valence-corrected chi connectivity index (χ3v) is 4.17. The van der Waals surface area contributed by atoms with Gasteiger partial charge in [-0.1, -0.05) is 27.7 Å². The molecule has 0 aliphatic rings. The predicted octanol–water partition coefficient (Wildman–Crippen LogP) is 1.42. The van der Waals surface area contributed by atoms with E-state index in [4.69, 9.17) is 5.73 Å². The summed E-state index contributed by atoms with van der Waals surface area (Å²) in [6.45, 7) is 8.48. The molecule has 0 radical (unpaired) electrons. The van der Waals surface area contributed by atoms with Crippen molar-refractivity contribution in [3.63, 3.8) is 0 Å². The summed E-state index contributed by atoms with van der Waals surface area (Å²) in [6, 6.07) is 0. The summed E-state index contributed by atoms with van der Waals surface area (Å²) in [4.78, 5) is 12.0. The summed E-state index contributed by atoms with van der Waals surface area (Å²) in [6.07, 6.45) is 2.94. The minimum Gasteiger partial charge on any atom is -0.396 e. The van der Waals surface area contributed by atoms with Crippen LogP contribution in [0.15, 0.2) is 0 Å². The molecule has 1 amide bonds. The van der Waals surface area contributed by atoms with Crippen molar-refractivity contribution in [2.75, 3.05) is 13.2 Å². The summed E-state index contributed by atoms with van der Waals surface area (Å²) in [7, 11) is 0. The smallest absolute Gasteiger partial charge is 0.240 e. The van der Waals surface area contributed by atoms with E-state index in [1.807, 2.05) is 27.7 Å². The van der Waals surface area contributed by atoms with Crippen LogP contribution in [0.4, 0.5) is 0 Å². The van der Waals surface area contributed by atoms with Crippen LogP contribution in [0.1, 0.15) is 53.4 Å². The number of hydrogen-bond acceptors (Lipinski definition) is 3. The van der Waals surface area contributed by atoms with Crippen molar-refractivity contribution in [2.45, 2.75) is 58.9 Å². The van der Waals surface area contributed by atoms with Gasteiger partial charge in [-0.3, -0.25) is 4.79 Å². The average molecular weight is 244 g/mol. The number of nitrogens with one attached hydrogen (secondary N) is 1. The Kier molecular flexibility index (Phi) is 6.72. The van der Waals surface area contributed by atoms with Gasteiger partial charge in [-0.15, -0.1) is 0 Å². The second-order valence-electron chi connectivity index (χ2n) is 4.91. The largest absolute Gasteiger partial charge is 0.396 e. The van der Waals surface area contributed by atoms with E-state index < -0.39 is 5.54 Å². The standard InChI is InChI=1S/C13H28N2O2/c1-5-12(6-2,10-16)9-15-11(17)13(14,7-3)8-4/h16H,5-10,14H2,1-4H3,(H,15,17). The lowest BCUT2D eigenvalue weighted by molar-refractivity contribution is -0.127. The molecule has 0 aliphatic heterocycles. The molecule has 0 saturated carbocycles. The van der Waals surface area contributed by atoms with Crippen molar-refractivity contribution in [1.82, 2.24) is 5.32 Å². The first-order chi connectivity index (χ1) is 7.93. The Morgan fingerprint density at radius 1 is 1.12 bits per heavy atom. The summed E-state index contributed by atoms with van der Waals surface area (Å²) < 4.78 is 0. The molecule has 0 rings (SSSR count). The van der Waals surface area contributed by atoms with Crippen LogP contribution in [0.5, 0.6) is 0 Å². The van der Waals surface area contributed by atoms with Crippen LogP contribution in [0.25, 0.3) is 0 Å². The first kappa shape index (κ1) is 16.4. The fourth-order valence-corrected chi connectivity index (χ4v) is 1.79. The van der Waals surface area contributed by atoms with Gasteiger partial charge in [0, 0.05) is 12.0 Å². The maximum absolute atomic E-state index is 12.0. The molecule has 17 heavy (non-hydrogen) atoms. The fourth-order valence-electron chi connectivity index (χ4n) is 1.79. The van der Waals surface area contributed by atoms with Gasteiger partial charge in [-0.05, 0) is 25.7 Å². The van der Waals surface area contributed by atoms with E-state index in [1.54, 1.807) is 0 Å². The number of nitrogens with two attached hydrogens (primary N) is 1. The first-order valence-electron chi connectivity index (χ1n) is 6.61. The molecule has 4 N–H and O–H groups in total. The monoisotopic (exact) mass is 244 g/mol. The minimum atomic E-state index is -0.775. The molecule has 0 bridgehead atoms. The maximum atomic E-state index is 12.0. The molecule has 4 heteroatoms. The molecule has 0 aromatic rings. The van der Waals surface area contributed by atoms with E-state index in [2.05, 4.69) is 5.32 Å². The van der Waals surface area contributed by atoms with Crippen LogP contribution < -0.4 is 11.1 Å². The van der Waals surface area contributed by atoms with E-state index >= 15 is 0 Å². The van der Waals surface area contributed by atoms with E-state index in [1.165, 1.54) is 0 Å². The van der Waals surface area contributed by atoms with Crippen LogP contribution in [-0.2, 0) is 4.79 Å². The number of rotatable bonds is 8. The Morgan fingerprint density at radius 2 is 1.59 bits per heavy atom. The van der Waals surface area contributed by atoms with E-state index in [0.717, 1.165) is 12.8 Å². The predicted molar refractivity (Wildman–Crippen MR) is 70.6 cm³/mol. The summed E-state index contributed by atoms with van der Waals surface area (Å²) in [5.41, 5.74) is 5.03. The number of aliphatic hydroxyl groups is 1. The zero-order valence-electron chi connectivity index (χ0n) is 11.7. The Balaban J connectivity index is 4.50. The summed E-state index contributed by atoms with van der Waals surface area (Å²) in [5, 5.41) is 12.3. The summed E-state index contributed by atoms with van der Waals surface area (Å²) >= 11 is 0. The first-order valence-corrected chi connectivity index (χ1v) is 6.61. The van der Waals surface area contributed by atoms with Gasteiger partial charge in [0.1, 0.15) is 0 Å². The minimum absolute atomic E-state index is 0.0934. The topological polar surface area (TPSA) is 75.3 Å². The maximum Gasteiger partial charge on any atom is 0.240 e. The molecule has 0 aromatic heterocycles. The molecule has 4 nitrogen and oxygen atoms in total. The zero-order chi connectivity index (χ0) is 13.5. The van der Waals surface area contributed by atoms with Gasteiger partial charge in [-0.2, -0.15) is 0 Å². The van der Waals surface area contributed by atoms with Crippen molar-refractivity contribution in [3.05, 3.63) is 0 Å². The van der Waals surface area contributed by atoms with Crippen molar-refractivity contribution in [3.8, 4) is 0 Å². The number of aliphatic hydroxyl groups excluding tert-OH is 1. The van der Waals surface area contributed by atoms with Gasteiger partial charge in [0.25, 0.3) is 0 Å². The molecule has 0 spiro atoms. The normalized spacial score (nSPS) is 12.6. The molecule has 0 fully saturated rings. The quantitative estimate of drug-likeness (QED) is 0.604. The molecule has 0 atom stereocenters. The highest BCUT2D eigenvalue weighted by Crippen LogP contribution is 2.24. The van der Waals surface area contributed by atoms with Crippen LogP contribution in [0, 0.1) is 5.41 Å². The second-order valence-corrected chi connectivity index (χ2v) is 4.91. The lowest BCUT2D eigenvalue weighted by Gasteiger charge is -2.32. The van der Waals surface area contributed by atoms with Crippen LogP contribution in [-0.4, -0.2) is 29.7 Å². The van der Waals surface area contributed by atoms with E-state index in [9.17, 15) is 9.90 Å². The number of amides is 1. The van der Waals surface area contributed by atoms with Gasteiger partial charge in [0.15, 0.2) is 0 Å². The molecule has 0 saturated heterocycles. The Bertz CT molecular complexity index is 225. The third kappa shape index (κ3) is 3.96. The number of carbonyl (C=O) groups excluding carboxylic acids is 1. The lowest BCUT2D eigenvalue weighted by atomic mass is 9.82. The van der Waals surface area contributed by atoms with Crippen molar-refractivity contribution >= 4 is 5.91 Å². The van der Waals surface area contributed by atoms with Gasteiger partial charge >= 0.3 is 0 Å². The SMILES string of the molecule is CCC(CC)(CO)CNC(=O)C(N)(CC)CC. The Labute approximate surface area is 105 Å². The van der Waals surface area contributed by atoms with Gasteiger partial charge < -0.3 is 16.2 Å². The van der Waals surface area contributed by atoms with Crippen LogP contribution >= 0.6 is 0 Å². The van der Waals surface area contributed by atoms with Crippen molar-refractivity contribution in [1.29, 1.82) is 0 Å². The average Bonchev–Trinajstić information content (AvgIpc) is 2.39. The van der Waals surface area contributed by atoms with Crippen molar-refractivity contribution in [2.24, 2.45) is 11.1 Å². The van der Waals surface area contributed by atoms with E-state index in [0.29, 0.717) is 19.4 Å². The molecule has 0 unspecified atom stereocenters. The molecule has 0 heterocycles. The zero-order valence-corrected chi connectivity index (χ0v) is 11.7. The molecular formula is C13H28N2O2. The second kappa shape index (κ2) is 6.97. The number of carbonyl (C=O) groups is 1. The van der Waals surface area contributed by atoms with Crippen molar-refractivity contribution < 1.29 is 9.90 Å². The van der Waals surface area contributed by atoms with Gasteiger partial charge in [0.05, 0.1) is 12.1 Å². The molecular weight excluding hydrogens is 216 g/mol. The highest BCUT2D eigenvalue weighted by Gasteiger charge is 2.32. The fraction of sp³-hybridized carbons (Fsp3) is 0.923. The molecule has 102 valence electrons. The van der Waals surface area contributed by atoms with Gasteiger partial charge in [-0.25, -0.2) is 0 Å². The third-order valence-electron chi connectivity index (χ3n) is 4.17. The molecule has 0 aromatic carbocycles. The Hall–Kier alpha value is -0.610. The molecule has 0 aliphatic carbocycles. The lowest BCUT2D eigenvalue weighted by Crippen LogP contribution is -2.55. The Morgan fingerprint density at radius 3 is 1.88 bits per heavy atom. The highest BCUT2D eigenvalue weighted by molar-refractivity contribution is 5.85. The van der Waals surface area contributed by atoms with Crippen LogP contribution in [0.3, 0.4) is 0 Å². The summed E-state index contributed by atoms with van der Waals surface area (Å²) in [5.74, 6) is -0.109.